The van der Waals surface area contributed by atoms with Crippen molar-refractivity contribution in [2.24, 2.45) is 0 Å². The minimum atomic E-state index is -0.143. The Morgan fingerprint density at radius 3 is 3.05 bits per heavy atom. The van der Waals surface area contributed by atoms with Crippen molar-refractivity contribution in [3.05, 3.63) is 29.2 Å². The molecule has 2 aromatic rings. The monoisotopic (exact) mass is 294 g/mol. The van der Waals surface area contributed by atoms with Crippen molar-refractivity contribution < 1.29 is 9.84 Å². The summed E-state index contributed by atoms with van der Waals surface area (Å²) in [7, 11) is 0. The van der Waals surface area contributed by atoms with Crippen LogP contribution < -0.4 is 0 Å². The second kappa shape index (κ2) is 5.87. The first-order chi connectivity index (χ1) is 9.78. The Bertz CT molecular complexity index is 596. The third kappa shape index (κ3) is 2.67. The average molecular weight is 295 g/mol. The van der Waals surface area contributed by atoms with E-state index in [1.165, 1.54) is 0 Å². The van der Waals surface area contributed by atoms with Gasteiger partial charge in [-0.05, 0) is 25.3 Å². The van der Waals surface area contributed by atoms with Crippen molar-refractivity contribution in [1.29, 1.82) is 0 Å². The Hall–Kier alpha value is -1.50. The van der Waals surface area contributed by atoms with Crippen LogP contribution in [0.3, 0.4) is 0 Å². The van der Waals surface area contributed by atoms with Gasteiger partial charge in [-0.2, -0.15) is 5.10 Å². The molecule has 3 rings (SSSR count). The Labute approximate surface area is 121 Å². The molecule has 1 fully saturated rings. The largest absolute Gasteiger partial charge is 0.392 e. The van der Waals surface area contributed by atoms with E-state index in [1.807, 2.05) is 6.20 Å². The Morgan fingerprint density at radius 1 is 1.40 bits per heavy atom. The molecule has 0 spiro atoms. The van der Waals surface area contributed by atoms with Crippen molar-refractivity contribution in [3.63, 3.8) is 0 Å². The fourth-order valence-corrected chi connectivity index (χ4v) is 2.49. The van der Waals surface area contributed by atoms with E-state index in [2.05, 4.69) is 15.3 Å². The van der Waals surface area contributed by atoms with Gasteiger partial charge in [-0.3, -0.25) is 0 Å². The number of aliphatic hydroxyl groups is 1. The lowest BCUT2D eigenvalue weighted by atomic mass is 10.1. The normalized spacial score (nSPS) is 19.2. The van der Waals surface area contributed by atoms with Gasteiger partial charge in [0.1, 0.15) is 11.9 Å². The molecule has 7 heteroatoms. The molecule has 3 heterocycles. The molecule has 1 aliphatic rings. The van der Waals surface area contributed by atoms with Crippen molar-refractivity contribution in [3.8, 4) is 11.3 Å². The molecule has 6 nitrogen and oxygen atoms in total. The van der Waals surface area contributed by atoms with Crippen LogP contribution in [0.4, 0.5) is 0 Å². The molecule has 1 atom stereocenters. The Balaban J connectivity index is 1.89. The molecule has 1 N–H and O–H groups in total. The highest BCUT2D eigenvalue weighted by atomic mass is 35.5. The third-order valence-electron chi connectivity index (χ3n) is 3.34. The van der Waals surface area contributed by atoms with E-state index in [-0.39, 0.29) is 18.0 Å². The van der Waals surface area contributed by atoms with Crippen LogP contribution in [-0.4, -0.2) is 31.7 Å². The maximum Gasteiger partial charge on any atom is 0.152 e. The van der Waals surface area contributed by atoms with Crippen molar-refractivity contribution in [2.75, 3.05) is 6.61 Å². The summed E-state index contributed by atoms with van der Waals surface area (Å²) in [5.41, 5.74) is 2.03. The van der Waals surface area contributed by atoms with Gasteiger partial charge in [0.25, 0.3) is 0 Å². The number of rotatable bonds is 3. The average Bonchev–Trinajstić information content (AvgIpc) is 2.97. The summed E-state index contributed by atoms with van der Waals surface area (Å²) in [6.45, 7) is 0.623. The molecule has 20 heavy (non-hydrogen) atoms. The van der Waals surface area contributed by atoms with E-state index >= 15 is 0 Å². The second-order valence-electron chi connectivity index (χ2n) is 4.73. The topological polar surface area (TPSA) is 73.1 Å². The lowest BCUT2D eigenvalue weighted by Gasteiger charge is -2.22. The number of halogens is 1. The molecular formula is C13H15ClN4O2. The Morgan fingerprint density at radius 2 is 2.30 bits per heavy atom. The highest BCUT2D eigenvalue weighted by molar-refractivity contribution is 6.29. The molecule has 0 radical (unpaired) electrons. The highest BCUT2D eigenvalue weighted by Gasteiger charge is 2.18. The van der Waals surface area contributed by atoms with Crippen LogP contribution in [0.25, 0.3) is 11.3 Å². The summed E-state index contributed by atoms with van der Waals surface area (Å²) in [5, 5.41) is 21.8. The predicted molar refractivity (Wildman–Crippen MR) is 73.0 cm³/mol. The number of aliphatic hydroxyl groups excluding tert-OH is 1. The standard InChI is InChI=1S/C13H15ClN4O2/c14-11-5-9(8-19)13(17-16-11)10-6-15-18(7-10)12-3-1-2-4-20-12/h5-7,12,19H,1-4,8H2. The summed E-state index contributed by atoms with van der Waals surface area (Å²) in [6.07, 6.45) is 6.75. The summed E-state index contributed by atoms with van der Waals surface area (Å²) in [6, 6.07) is 1.61. The van der Waals surface area contributed by atoms with Crippen LogP contribution in [0, 0.1) is 0 Å². The summed E-state index contributed by atoms with van der Waals surface area (Å²) < 4.78 is 7.48. The molecule has 1 unspecified atom stereocenters. The number of aromatic nitrogens is 4. The van der Waals surface area contributed by atoms with Gasteiger partial charge in [-0.1, -0.05) is 11.6 Å². The first kappa shape index (κ1) is 13.5. The maximum absolute atomic E-state index is 9.38. The fraction of sp³-hybridized carbons (Fsp3) is 0.462. The van der Waals surface area contributed by atoms with Crippen LogP contribution in [0.5, 0.6) is 0 Å². The van der Waals surface area contributed by atoms with E-state index < -0.39 is 0 Å². The molecule has 0 saturated carbocycles. The first-order valence-corrected chi connectivity index (χ1v) is 6.95. The van der Waals surface area contributed by atoms with Crippen LogP contribution in [0.2, 0.25) is 5.15 Å². The zero-order valence-electron chi connectivity index (χ0n) is 10.9. The first-order valence-electron chi connectivity index (χ1n) is 6.57. The van der Waals surface area contributed by atoms with Gasteiger partial charge in [-0.15, -0.1) is 10.2 Å². The highest BCUT2D eigenvalue weighted by Crippen LogP contribution is 2.26. The number of ether oxygens (including phenoxy) is 1. The van der Waals surface area contributed by atoms with Crippen LogP contribution in [0.1, 0.15) is 31.1 Å². The van der Waals surface area contributed by atoms with Gasteiger partial charge >= 0.3 is 0 Å². The summed E-state index contributed by atoms with van der Waals surface area (Å²) in [4.78, 5) is 0. The number of hydrogen-bond donors (Lipinski definition) is 1. The maximum atomic E-state index is 9.38. The van der Waals surface area contributed by atoms with E-state index in [0.29, 0.717) is 11.3 Å². The molecule has 1 saturated heterocycles. The van der Waals surface area contributed by atoms with Gasteiger partial charge < -0.3 is 9.84 Å². The van der Waals surface area contributed by atoms with Crippen LogP contribution in [-0.2, 0) is 11.3 Å². The van der Waals surface area contributed by atoms with E-state index in [4.69, 9.17) is 16.3 Å². The molecule has 1 aliphatic heterocycles. The quantitative estimate of drug-likeness (QED) is 0.939. The lowest BCUT2D eigenvalue weighted by Crippen LogP contribution is -2.18. The van der Waals surface area contributed by atoms with E-state index in [9.17, 15) is 5.11 Å². The molecule has 0 aromatic carbocycles. The number of hydrogen-bond acceptors (Lipinski definition) is 5. The van der Waals surface area contributed by atoms with Gasteiger partial charge in [0, 0.05) is 23.9 Å². The zero-order chi connectivity index (χ0) is 13.9. The minimum absolute atomic E-state index is 0.0182. The van der Waals surface area contributed by atoms with Gasteiger partial charge in [-0.25, -0.2) is 4.68 Å². The predicted octanol–water partition coefficient (Wildman–Crippen LogP) is 2.18. The molecule has 0 amide bonds. The molecular weight excluding hydrogens is 280 g/mol. The fourth-order valence-electron chi connectivity index (χ4n) is 2.32. The smallest absolute Gasteiger partial charge is 0.152 e. The second-order valence-corrected chi connectivity index (χ2v) is 5.12. The lowest BCUT2D eigenvalue weighted by molar-refractivity contribution is -0.0394. The van der Waals surface area contributed by atoms with Crippen molar-refractivity contribution >= 4 is 11.6 Å². The Kier molecular flexibility index (Phi) is 3.95. The van der Waals surface area contributed by atoms with Crippen LogP contribution in [0.15, 0.2) is 18.5 Å². The minimum Gasteiger partial charge on any atom is -0.392 e. The van der Waals surface area contributed by atoms with E-state index in [1.54, 1.807) is 16.9 Å². The molecule has 106 valence electrons. The van der Waals surface area contributed by atoms with Gasteiger partial charge in [0.15, 0.2) is 5.15 Å². The molecule has 0 bridgehead atoms. The summed E-state index contributed by atoms with van der Waals surface area (Å²) in [5.74, 6) is 0. The SMILES string of the molecule is OCc1cc(Cl)nnc1-c1cnn(C2CCCCO2)c1. The van der Waals surface area contributed by atoms with E-state index in [0.717, 1.165) is 31.4 Å². The van der Waals surface area contributed by atoms with Crippen LogP contribution >= 0.6 is 11.6 Å². The zero-order valence-corrected chi connectivity index (χ0v) is 11.6. The van der Waals surface area contributed by atoms with Gasteiger partial charge in [0.05, 0.1) is 12.8 Å². The van der Waals surface area contributed by atoms with Gasteiger partial charge in [0.2, 0.25) is 0 Å². The summed E-state index contributed by atoms with van der Waals surface area (Å²) >= 11 is 5.78. The third-order valence-corrected chi connectivity index (χ3v) is 3.52. The molecule has 0 aliphatic carbocycles. The molecule has 2 aromatic heterocycles. The number of nitrogens with zero attached hydrogens (tertiary/aromatic N) is 4. The van der Waals surface area contributed by atoms with Crippen molar-refractivity contribution in [2.45, 2.75) is 32.1 Å². The van der Waals surface area contributed by atoms with Crippen molar-refractivity contribution in [1.82, 2.24) is 20.0 Å².